The van der Waals surface area contributed by atoms with Crippen LogP contribution in [0.25, 0.3) is 0 Å². The van der Waals surface area contributed by atoms with Gasteiger partial charge < -0.3 is 15.2 Å². The molecule has 1 unspecified atom stereocenters. The average Bonchev–Trinajstić information content (AvgIpc) is 2.55. The van der Waals surface area contributed by atoms with Crippen molar-refractivity contribution in [3.8, 4) is 0 Å². The molecule has 72 valence electrons. The first-order valence-electron chi connectivity index (χ1n) is 4.45. The predicted octanol–water partition coefficient (Wildman–Crippen LogP) is -0.0508. The van der Waals surface area contributed by atoms with E-state index in [0.717, 1.165) is 25.9 Å². The van der Waals surface area contributed by atoms with Gasteiger partial charge in [0.05, 0.1) is 5.54 Å². The first-order chi connectivity index (χ1) is 6.21. The van der Waals surface area contributed by atoms with Crippen LogP contribution in [0.5, 0.6) is 0 Å². The number of nitrogens with zero attached hydrogens (tertiary/aromatic N) is 3. The van der Waals surface area contributed by atoms with Gasteiger partial charge in [0, 0.05) is 6.54 Å². The smallest absolute Gasteiger partial charge is 0.213 e. The molecule has 0 aromatic carbocycles. The second-order valence-electron chi connectivity index (χ2n) is 3.75. The molecule has 2 N–H and O–H groups in total. The highest BCUT2D eigenvalue weighted by molar-refractivity contribution is 5.05. The van der Waals surface area contributed by atoms with Crippen molar-refractivity contribution in [3.05, 3.63) is 12.2 Å². The normalized spacial score (nSPS) is 30.6. The monoisotopic (exact) mass is 182 g/mol. The van der Waals surface area contributed by atoms with E-state index < -0.39 is 5.54 Å². The lowest BCUT2D eigenvalue weighted by Crippen LogP contribution is -2.51. The molecule has 5 nitrogen and oxygen atoms in total. The Morgan fingerprint density at radius 1 is 1.69 bits per heavy atom. The fourth-order valence-corrected chi connectivity index (χ4v) is 1.88. The molecule has 13 heavy (non-hydrogen) atoms. The molecule has 0 spiro atoms. The summed E-state index contributed by atoms with van der Waals surface area (Å²) in [5.41, 5.74) is 5.77. The summed E-state index contributed by atoms with van der Waals surface area (Å²) >= 11 is 0. The minimum absolute atomic E-state index is 0.417. The fraction of sp³-hybridized carbons (Fsp3) is 0.750. The van der Waals surface area contributed by atoms with Crippen LogP contribution in [0.15, 0.2) is 10.9 Å². The van der Waals surface area contributed by atoms with Crippen LogP contribution in [0, 0.1) is 0 Å². The second kappa shape index (κ2) is 3.08. The molecule has 1 atom stereocenters. The van der Waals surface area contributed by atoms with Gasteiger partial charge in [-0.1, -0.05) is 5.16 Å². The number of likely N-dealkylation sites (tertiary alicyclic amines) is 1. The Hall–Kier alpha value is -0.940. The minimum atomic E-state index is -0.417. The van der Waals surface area contributed by atoms with E-state index in [4.69, 9.17) is 10.3 Å². The highest BCUT2D eigenvalue weighted by Gasteiger charge is 2.35. The quantitative estimate of drug-likeness (QED) is 0.659. The third kappa shape index (κ3) is 1.57. The molecule has 1 aromatic heterocycles. The molecule has 0 aliphatic carbocycles. The van der Waals surface area contributed by atoms with Gasteiger partial charge in [0.1, 0.15) is 0 Å². The van der Waals surface area contributed by atoms with Gasteiger partial charge in [-0.3, -0.25) is 0 Å². The summed E-state index contributed by atoms with van der Waals surface area (Å²) < 4.78 is 4.71. The van der Waals surface area contributed by atoms with Crippen molar-refractivity contribution in [2.75, 3.05) is 20.1 Å². The number of likely N-dealkylation sites (N-methyl/N-ethyl adjacent to an activating group) is 1. The Morgan fingerprint density at radius 2 is 2.54 bits per heavy atom. The standard InChI is InChI=1S/C8H14N4O/c1-12-4-2-3-8(9,5-12)7-10-6-13-11-7/h6H,2-5,9H2,1H3. The van der Waals surface area contributed by atoms with Gasteiger partial charge >= 0.3 is 0 Å². The zero-order valence-electron chi connectivity index (χ0n) is 7.73. The molecule has 1 saturated heterocycles. The molecule has 2 heterocycles. The van der Waals surface area contributed by atoms with E-state index in [1.165, 1.54) is 6.39 Å². The molecule has 0 amide bonds. The maximum absolute atomic E-state index is 6.19. The summed E-state index contributed by atoms with van der Waals surface area (Å²) in [6.45, 7) is 1.89. The number of nitrogens with two attached hydrogens (primary N) is 1. The van der Waals surface area contributed by atoms with E-state index in [1.807, 2.05) is 0 Å². The van der Waals surface area contributed by atoms with Gasteiger partial charge in [-0.2, -0.15) is 4.98 Å². The Kier molecular flexibility index (Phi) is 2.05. The number of hydrogen-bond acceptors (Lipinski definition) is 5. The van der Waals surface area contributed by atoms with Crippen LogP contribution in [0.1, 0.15) is 18.7 Å². The predicted molar refractivity (Wildman–Crippen MR) is 46.9 cm³/mol. The van der Waals surface area contributed by atoms with Gasteiger partial charge in [-0.15, -0.1) is 0 Å². The van der Waals surface area contributed by atoms with Crippen LogP contribution in [0.4, 0.5) is 0 Å². The van der Waals surface area contributed by atoms with E-state index >= 15 is 0 Å². The first-order valence-corrected chi connectivity index (χ1v) is 4.45. The summed E-state index contributed by atoms with van der Waals surface area (Å²) in [5.74, 6) is 0.624. The molecule has 5 heteroatoms. The number of piperidine rings is 1. The summed E-state index contributed by atoms with van der Waals surface area (Å²) in [5, 5.41) is 3.81. The van der Waals surface area contributed by atoms with E-state index in [2.05, 4.69) is 22.1 Å². The van der Waals surface area contributed by atoms with Crippen molar-refractivity contribution >= 4 is 0 Å². The first kappa shape index (κ1) is 8.65. The second-order valence-corrected chi connectivity index (χ2v) is 3.75. The van der Waals surface area contributed by atoms with Gasteiger partial charge in [0.25, 0.3) is 0 Å². The molecular formula is C8H14N4O. The fourth-order valence-electron chi connectivity index (χ4n) is 1.88. The Labute approximate surface area is 76.9 Å². The lowest BCUT2D eigenvalue weighted by atomic mass is 9.90. The molecule has 1 aliphatic heterocycles. The molecule has 1 aliphatic rings. The topological polar surface area (TPSA) is 68.2 Å². The molecule has 2 rings (SSSR count). The van der Waals surface area contributed by atoms with E-state index in [9.17, 15) is 0 Å². The van der Waals surface area contributed by atoms with Crippen molar-refractivity contribution in [2.45, 2.75) is 18.4 Å². The summed E-state index contributed by atoms with van der Waals surface area (Å²) in [4.78, 5) is 6.21. The number of rotatable bonds is 1. The van der Waals surface area contributed by atoms with E-state index in [1.54, 1.807) is 0 Å². The summed E-state index contributed by atoms with van der Waals surface area (Å²) in [7, 11) is 2.06. The zero-order chi connectivity index (χ0) is 9.31. The summed E-state index contributed by atoms with van der Waals surface area (Å²) in [6, 6.07) is 0. The van der Waals surface area contributed by atoms with Crippen LogP contribution in [-0.2, 0) is 5.54 Å². The number of hydrogen-bond donors (Lipinski definition) is 1. The zero-order valence-corrected chi connectivity index (χ0v) is 7.73. The molecule has 0 saturated carbocycles. The molecule has 0 radical (unpaired) electrons. The van der Waals surface area contributed by atoms with Crippen LogP contribution in [0.3, 0.4) is 0 Å². The SMILES string of the molecule is CN1CCCC(N)(c2ncon2)C1. The van der Waals surface area contributed by atoms with Crippen molar-refractivity contribution in [3.63, 3.8) is 0 Å². The van der Waals surface area contributed by atoms with Gasteiger partial charge in [-0.25, -0.2) is 0 Å². The van der Waals surface area contributed by atoms with Crippen LogP contribution in [-0.4, -0.2) is 35.2 Å². The molecule has 1 aromatic rings. The minimum Gasteiger partial charge on any atom is -0.343 e. The maximum Gasteiger partial charge on any atom is 0.213 e. The van der Waals surface area contributed by atoms with Crippen LogP contribution in [0.2, 0.25) is 0 Å². The molecule has 1 fully saturated rings. The van der Waals surface area contributed by atoms with Gasteiger partial charge in [-0.05, 0) is 26.4 Å². The summed E-state index contributed by atoms with van der Waals surface area (Å²) in [6.07, 6.45) is 3.34. The molecular weight excluding hydrogens is 168 g/mol. The largest absolute Gasteiger partial charge is 0.343 e. The third-order valence-corrected chi connectivity index (χ3v) is 2.52. The van der Waals surface area contributed by atoms with Gasteiger partial charge in [0.2, 0.25) is 6.39 Å². The Bertz CT molecular complexity index is 274. The lowest BCUT2D eigenvalue weighted by molar-refractivity contribution is 0.169. The average molecular weight is 182 g/mol. The van der Waals surface area contributed by atoms with Crippen molar-refractivity contribution in [1.29, 1.82) is 0 Å². The highest BCUT2D eigenvalue weighted by atomic mass is 16.5. The third-order valence-electron chi connectivity index (χ3n) is 2.52. The van der Waals surface area contributed by atoms with Crippen molar-refractivity contribution in [1.82, 2.24) is 15.0 Å². The van der Waals surface area contributed by atoms with Crippen LogP contribution >= 0.6 is 0 Å². The van der Waals surface area contributed by atoms with E-state index in [0.29, 0.717) is 5.82 Å². The maximum atomic E-state index is 6.19. The van der Waals surface area contributed by atoms with Crippen molar-refractivity contribution < 1.29 is 4.52 Å². The van der Waals surface area contributed by atoms with Crippen LogP contribution < -0.4 is 5.73 Å². The van der Waals surface area contributed by atoms with E-state index in [-0.39, 0.29) is 0 Å². The Morgan fingerprint density at radius 3 is 3.15 bits per heavy atom. The Balaban J connectivity index is 2.20. The lowest BCUT2D eigenvalue weighted by Gasteiger charge is -2.35. The van der Waals surface area contributed by atoms with Gasteiger partial charge in [0.15, 0.2) is 5.82 Å². The molecule has 0 bridgehead atoms. The number of aromatic nitrogens is 2. The highest BCUT2D eigenvalue weighted by Crippen LogP contribution is 2.25. The van der Waals surface area contributed by atoms with Crippen molar-refractivity contribution in [2.24, 2.45) is 5.73 Å².